The van der Waals surface area contributed by atoms with Gasteiger partial charge in [0.1, 0.15) is 0 Å². The molecular formula is C19H18N4O5S. The van der Waals surface area contributed by atoms with Gasteiger partial charge in [0.05, 0.1) is 30.6 Å². The van der Waals surface area contributed by atoms with Gasteiger partial charge in [-0.05, 0) is 35.7 Å². The molecule has 10 heteroatoms. The molecule has 0 aliphatic carbocycles. The molecule has 0 saturated carbocycles. The van der Waals surface area contributed by atoms with E-state index >= 15 is 0 Å². The summed E-state index contributed by atoms with van der Waals surface area (Å²) < 4.78 is 10.4. The molecule has 29 heavy (non-hydrogen) atoms. The average molecular weight is 414 g/mol. The van der Waals surface area contributed by atoms with Crippen molar-refractivity contribution in [3.8, 4) is 11.5 Å². The van der Waals surface area contributed by atoms with Crippen LogP contribution in [0.2, 0.25) is 0 Å². The van der Waals surface area contributed by atoms with Crippen LogP contribution in [0.1, 0.15) is 11.1 Å². The molecule has 1 atom stereocenters. The zero-order valence-electron chi connectivity index (χ0n) is 15.7. The summed E-state index contributed by atoms with van der Waals surface area (Å²) in [6, 6.07) is 11.6. The second-order valence-corrected chi connectivity index (χ2v) is 7.18. The summed E-state index contributed by atoms with van der Waals surface area (Å²) in [6.45, 7) is 0. The maximum atomic E-state index is 12.2. The Morgan fingerprint density at radius 3 is 2.72 bits per heavy atom. The van der Waals surface area contributed by atoms with E-state index < -0.39 is 10.2 Å². The predicted octanol–water partition coefficient (Wildman–Crippen LogP) is 2.78. The molecule has 150 valence electrons. The van der Waals surface area contributed by atoms with Gasteiger partial charge in [-0.2, -0.15) is 5.10 Å². The number of thioether (sulfide) groups is 1. The van der Waals surface area contributed by atoms with Crippen molar-refractivity contribution in [2.24, 2.45) is 10.2 Å². The molecule has 0 aromatic heterocycles. The normalized spacial score (nSPS) is 17.5. The Kier molecular flexibility index (Phi) is 6.45. The summed E-state index contributed by atoms with van der Waals surface area (Å²) in [5.74, 6) is 0.977. The second-order valence-electron chi connectivity index (χ2n) is 5.99. The Morgan fingerprint density at radius 1 is 1.21 bits per heavy atom. The Labute approximate surface area is 171 Å². The van der Waals surface area contributed by atoms with Crippen LogP contribution in [0.25, 0.3) is 0 Å². The van der Waals surface area contributed by atoms with Crippen molar-refractivity contribution < 1.29 is 19.2 Å². The molecule has 1 heterocycles. The molecule has 0 bridgehead atoms. The van der Waals surface area contributed by atoms with Crippen LogP contribution < -0.4 is 14.8 Å². The summed E-state index contributed by atoms with van der Waals surface area (Å²) in [5.41, 5.74) is 1.47. The van der Waals surface area contributed by atoms with Gasteiger partial charge in [0.2, 0.25) is 5.91 Å². The van der Waals surface area contributed by atoms with Crippen molar-refractivity contribution in [1.29, 1.82) is 0 Å². The van der Waals surface area contributed by atoms with E-state index in [4.69, 9.17) is 9.47 Å². The molecule has 0 radical (unpaired) electrons. The van der Waals surface area contributed by atoms with Crippen LogP contribution in [0, 0.1) is 10.1 Å². The highest BCUT2D eigenvalue weighted by Crippen LogP contribution is 2.27. The molecule has 2 aromatic carbocycles. The minimum Gasteiger partial charge on any atom is -0.493 e. The Morgan fingerprint density at radius 2 is 2.00 bits per heavy atom. The summed E-state index contributed by atoms with van der Waals surface area (Å²) in [5, 5.41) is 21.6. The van der Waals surface area contributed by atoms with Crippen molar-refractivity contribution >= 4 is 34.7 Å². The van der Waals surface area contributed by atoms with Crippen LogP contribution >= 0.6 is 11.8 Å². The predicted molar refractivity (Wildman–Crippen MR) is 111 cm³/mol. The van der Waals surface area contributed by atoms with E-state index in [0.29, 0.717) is 28.7 Å². The molecule has 2 aromatic rings. The van der Waals surface area contributed by atoms with Gasteiger partial charge in [0.15, 0.2) is 16.7 Å². The highest BCUT2D eigenvalue weighted by molar-refractivity contribution is 8.15. The molecular weight excluding hydrogens is 396 g/mol. The monoisotopic (exact) mass is 414 g/mol. The lowest BCUT2D eigenvalue weighted by Crippen LogP contribution is -2.25. The largest absolute Gasteiger partial charge is 0.493 e. The number of nitrogens with zero attached hydrogens (tertiary/aromatic N) is 3. The molecule has 9 nitrogen and oxygen atoms in total. The van der Waals surface area contributed by atoms with Gasteiger partial charge in [0, 0.05) is 12.1 Å². The highest BCUT2D eigenvalue weighted by atomic mass is 32.2. The smallest absolute Gasteiger partial charge is 0.269 e. The minimum absolute atomic E-state index is 0.000634. The van der Waals surface area contributed by atoms with Crippen LogP contribution in [-0.4, -0.2) is 41.7 Å². The number of nitro groups is 1. The van der Waals surface area contributed by atoms with E-state index in [1.807, 2.05) is 0 Å². The third-order valence-corrected chi connectivity index (χ3v) is 5.15. The van der Waals surface area contributed by atoms with Crippen molar-refractivity contribution in [3.05, 3.63) is 63.7 Å². The van der Waals surface area contributed by atoms with Gasteiger partial charge in [0.25, 0.3) is 5.69 Å². The first-order valence-corrected chi connectivity index (χ1v) is 9.42. The second kappa shape index (κ2) is 9.20. The van der Waals surface area contributed by atoms with Crippen molar-refractivity contribution in [2.45, 2.75) is 11.7 Å². The lowest BCUT2D eigenvalue weighted by atomic mass is 10.1. The number of hydrogen-bond acceptors (Lipinski definition) is 8. The molecule has 1 aliphatic heterocycles. The maximum Gasteiger partial charge on any atom is 0.269 e. The third-order valence-electron chi connectivity index (χ3n) is 4.08. The van der Waals surface area contributed by atoms with E-state index in [1.54, 1.807) is 44.6 Å². The van der Waals surface area contributed by atoms with E-state index in [0.717, 1.165) is 5.56 Å². The zero-order valence-corrected chi connectivity index (χ0v) is 16.5. The summed E-state index contributed by atoms with van der Waals surface area (Å²) >= 11 is 1.24. The van der Waals surface area contributed by atoms with Crippen molar-refractivity contribution in [3.63, 3.8) is 0 Å². The number of methoxy groups -OCH3 is 2. The molecule has 0 spiro atoms. The lowest BCUT2D eigenvalue weighted by molar-refractivity contribution is -0.384. The van der Waals surface area contributed by atoms with E-state index in [9.17, 15) is 14.9 Å². The van der Waals surface area contributed by atoms with Crippen LogP contribution in [0.15, 0.2) is 52.7 Å². The molecule has 1 saturated heterocycles. The zero-order chi connectivity index (χ0) is 20.8. The van der Waals surface area contributed by atoms with Gasteiger partial charge in [-0.15, -0.1) is 5.10 Å². The van der Waals surface area contributed by atoms with Crippen molar-refractivity contribution in [1.82, 2.24) is 5.32 Å². The first kappa shape index (κ1) is 20.3. The van der Waals surface area contributed by atoms with Gasteiger partial charge in [-0.3, -0.25) is 14.9 Å². The van der Waals surface area contributed by atoms with Crippen LogP contribution in [0.4, 0.5) is 5.69 Å². The number of hydrogen-bond donors (Lipinski definition) is 1. The molecule has 1 fully saturated rings. The highest BCUT2D eigenvalue weighted by Gasteiger charge is 2.30. The number of nitro benzene ring substituents is 1. The fourth-order valence-corrected chi connectivity index (χ4v) is 3.64. The molecule has 1 unspecified atom stereocenters. The summed E-state index contributed by atoms with van der Waals surface area (Å²) in [4.78, 5) is 22.6. The van der Waals surface area contributed by atoms with Gasteiger partial charge >= 0.3 is 0 Å². The molecule has 1 N–H and O–H groups in total. The third kappa shape index (κ3) is 5.11. The van der Waals surface area contributed by atoms with Gasteiger partial charge in [-0.25, -0.2) is 0 Å². The SMILES string of the molecule is COc1ccc(/C=N/N=C2/NC(=O)C(Cc3cccc([N+](=O)[O-])c3)S2)cc1OC. The fourth-order valence-electron chi connectivity index (χ4n) is 2.68. The number of amidine groups is 1. The summed E-state index contributed by atoms with van der Waals surface area (Å²) in [6.07, 6.45) is 1.89. The van der Waals surface area contributed by atoms with Crippen molar-refractivity contribution in [2.75, 3.05) is 14.2 Å². The quantitative estimate of drug-likeness (QED) is 0.423. The minimum atomic E-state index is -0.457. The van der Waals surface area contributed by atoms with E-state index in [2.05, 4.69) is 15.5 Å². The molecule has 3 rings (SSSR count). The van der Waals surface area contributed by atoms with Gasteiger partial charge < -0.3 is 14.8 Å². The summed E-state index contributed by atoms with van der Waals surface area (Å²) in [7, 11) is 3.10. The van der Waals surface area contributed by atoms with E-state index in [-0.39, 0.29) is 11.6 Å². The number of nitrogens with one attached hydrogen (secondary N) is 1. The number of carbonyl (C=O) groups excluding carboxylic acids is 1. The van der Waals surface area contributed by atoms with Crippen LogP contribution in [-0.2, 0) is 11.2 Å². The lowest BCUT2D eigenvalue weighted by Gasteiger charge is -2.07. The Balaban J connectivity index is 1.65. The number of rotatable bonds is 7. The topological polar surface area (TPSA) is 115 Å². The molecule has 1 aliphatic rings. The fraction of sp³-hybridized carbons (Fsp3) is 0.211. The average Bonchev–Trinajstić information content (AvgIpc) is 3.07. The first-order chi connectivity index (χ1) is 14.0. The van der Waals surface area contributed by atoms with E-state index in [1.165, 1.54) is 30.1 Å². The number of benzene rings is 2. The number of non-ortho nitro benzene ring substituents is 1. The Hall–Kier alpha value is -3.40. The molecule has 1 amide bonds. The van der Waals surface area contributed by atoms with Gasteiger partial charge in [-0.1, -0.05) is 23.9 Å². The van der Waals surface area contributed by atoms with Crippen LogP contribution in [0.5, 0.6) is 11.5 Å². The number of ether oxygens (including phenoxy) is 2. The maximum absolute atomic E-state index is 12.2. The Bertz CT molecular complexity index is 992. The number of amides is 1. The van der Waals surface area contributed by atoms with Crippen LogP contribution in [0.3, 0.4) is 0 Å². The number of carbonyl (C=O) groups is 1. The first-order valence-electron chi connectivity index (χ1n) is 8.54. The standard InChI is InChI=1S/C19H18N4O5S/c1-27-15-7-6-13(9-16(15)28-2)11-20-22-19-21-18(24)17(29-19)10-12-4-3-5-14(8-12)23(25)26/h3-9,11,17H,10H2,1-2H3,(H,21,22,24)/b20-11+.